The molecule has 31 heavy (non-hydrogen) atoms. The zero-order valence-electron chi connectivity index (χ0n) is 17.5. The zero-order valence-corrected chi connectivity index (χ0v) is 17.5. The quantitative estimate of drug-likeness (QED) is 0.622. The van der Waals surface area contributed by atoms with Gasteiger partial charge in [0.1, 0.15) is 12.3 Å². The summed E-state index contributed by atoms with van der Waals surface area (Å²) >= 11 is 0. The van der Waals surface area contributed by atoms with Crippen LogP contribution in [0.3, 0.4) is 0 Å². The second-order valence-electron chi connectivity index (χ2n) is 7.26. The van der Waals surface area contributed by atoms with Crippen molar-refractivity contribution in [2.75, 3.05) is 20.8 Å². The second-order valence-corrected chi connectivity index (χ2v) is 7.26. The third-order valence-electron chi connectivity index (χ3n) is 5.21. The number of aromatic nitrogens is 2. The van der Waals surface area contributed by atoms with E-state index in [-0.39, 0.29) is 25.0 Å². The summed E-state index contributed by atoms with van der Waals surface area (Å²) in [6.45, 7) is 2.04. The van der Waals surface area contributed by atoms with E-state index >= 15 is 0 Å². The molecule has 0 aliphatic carbocycles. The van der Waals surface area contributed by atoms with Crippen molar-refractivity contribution >= 4 is 17.5 Å². The molecule has 3 aromatic rings. The Labute approximate surface area is 179 Å². The van der Waals surface area contributed by atoms with Crippen molar-refractivity contribution in [3.63, 3.8) is 0 Å². The van der Waals surface area contributed by atoms with Crippen LogP contribution in [0.5, 0.6) is 11.5 Å². The van der Waals surface area contributed by atoms with Gasteiger partial charge in [-0.05, 0) is 36.2 Å². The lowest BCUT2D eigenvalue weighted by molar-refractivity contribution is -0.148. The molecule has 162 valence electrons. The molecule has 2 N–H and O–H groups in total. The Hall–Kier alpha value is -3.59. The predicted molar refractivity (Wildman–Crippen MR) is 112 cm³/mol. The average molecular weight is 424 g/mol. The molecule has 0 spiro atoms. The fourth-order valence-electron chi connectivity index (χ4n) is 3.65. The summed E-state index contributed by atoms with van der Waals surface area (Å²) in [6, 6.07) is 8.48. The van der Waals surface area contributed by atoms with Crippen LogP contribution in [0.4, 0.5) is 0 Å². The van der Waals surface area contributed by atoms with Crippen LogP contribution in [0.25, 0.3) is 5.65 Å². The molecular formula is C22H24N4O5. The van der Waals surface area contributed by atoms with Crippen molar-refractivity contribution in [3.05, 3.63) is 59.5 Å². The Bertz CT molecular complexity index is 1130. The van der Waals surface area contributed by atoms with Crippen LogP contribution >= 0.6 is 0 Å². The molecule has 2 aromatic heterocycles. The third kappa shape index (κ3) is 4.17. The van der Waals surface area contributed by atoms with Gasteiger partial charge in [0, 0.05) is 12.4 Å². The van der Waals surface area contributed by atoms with Crippen molar-refractivity contribution in [2.45, 2.75) is 25.6 Å². The van der Waals surface area contributed by atoms with Gasteiger partial charge in [-0.1, -0.05) is 12.1 Å². The van der Waals surface area contributed by atoms with E-state index in [9.17, 15) is 9.59 Å². The van der Waals surface area contributed by atoms with E-state index in [1.54, 1.807) is 25.3 Å². The molecule has 1 aliphatic rings. The molecule has 2 amide bonds. The van der Waals surface area contributed by atoms with Crippen LogP contribution in [-0.4, -0.2) is 48.1 Å². The topological polar surface area (TPSA) is 103 Å². The number of pyridine rings is 1. The van der Waals surface area contributed by atoms with Gasteiger partial charge in [-0.3, -0.25) is 9.59 Å². The summed E-state index contributed by atoms with van der Waals surface area (Å²) in [7, 11) is 3.07. The molecule has 3 heterocycles. The number of rotatable bonds is 6. The predicted octanol–water partition coefficient (Wildman–Crippen LogP) is 1.53. The van der Waals surface area contributed by atoms with Crippen LogP contribution in [-0.2, 0) is 20.9 Å². The number of carbonyl (C=O) groups is 2. The summed E-state index contributed by atoms with van der Waals surface area (Å²) in [5.41, 5.74) is 3.29. The van der Waals surface area contributed by atoms with Crippen LogP contribution in [0.1, 0.15) is 22.9 Å². The Morgan fingerprint density at radius 1 is 1.29 bits per heavy atom. The summed E-state index contributed by atoms with van der Waals surface area (Å²) in [4.78, 5) is 29.5. The number of imidazole rings is 1. The first kappa shape index (κ1) is 20.7. The number of ether oxygens (including phenoxy) is 3. The monoisotopic (exact) mass is 424 g/mol. The van der Waals surface area contributed by atoms with Crippen molar-refractivity contribution < 1.29 is 23.8 Å². The second kappa shape index (κ2) is 8.65. The lowest BCUT2D eigenvalue weighted by Crippen LogP contribution is -2.52. The van der Waals surface area contributed by atoms with Crippen molar-refractivity contribution in [3.8, 4) is 11.5 Å². The minimum Gasteiger partial charge on any atom is -0.493 e. The van der Waals surface area contributed by atoms with Gasteiger partial charge >= 0.3 is 0 Å². The van der Waals surface area contributed by atoms with Gasteiger partial charge in [0.25, 0.3) is 5.91 Å². The van der Waals surface area contributed by atoms with Gasteiger partial charge in [0.2, 0.25) is 5.91 Å². The minimum absolute atomic E-state index is 0.185. The normalized spacial score (nSPS) is 18.5. The number of nitrogens with one attached hydrogen (secondary N) is 2. The van der Waals surface area contributed by atoms with Gasteiger partial charge in [-0.15, -0.1) is 0 Å². The van der Waals surface area contributed by atoms with Crippen LogP contribution < -0.4 is 20.1 Å². The van der Waals surface area contributed by atoms with Crippen LogP contribution in [0.15, 0.2) is 42.7 Å². The number of hydrogen-bond acceptors (Lipinski definition) is 6. The van der Waals surface area contributed by atoms with Gasteiger partial charge in [0.15, 0.2) is 17.6 Å². The number of morpholine rings is 1. The lowest BCUT2D eigenvalue weighted by atomic mass is 9.98. The Balaban J connectivity index is 1.52. The Morgan fingerprint density at radius 2 is 2.10 bits per heavy atom. The number of fused-ring (bicyclic) bond motifs is 1. The molecule has 2 atom stereocenters. The first-order valence-corrected chi connectivity index (χ1v) is 9.84. The maximum atomic E-state index is 12.9. The van der Waals surface area contributed by atoms with E-state index in [1.165, 1.54) is 7.11 Å². The third-order valence-corrected chi connectivity index (χ3v) is 5.21. The van der Waals surface area contributed by atoms with E-state index in [0.717, 1.165) is 16.9 Å². The highest BCUT2D eigenvalue weighted by atomic mass is 16.5. The maximum Gasteiger partial charge on any atom is 0.251 e. The smallest absolute Gasteiger partial charge is 0.251 e. The Morgan fingerprint density at radius 3 is 2.84 bits per heavy atom. The van der Waals surface area contributed by atoms with E-state index in [2.05, 4.69) is 15.6 Å². The summed E-state index contributed by atoms with van der Waals surface area (Å²) < 4.78 is 18.1. The number of benzene rings is 1. The molecule has 0 radical (unpaired) electrons. The molecule has 1 saturated heterocycles. The van der Waals surface area contributed by atoms with Gasteiger partial charge in [-0.25, -0.2) is 4.98 Å². The van der Waals surface area contributed by atoms with Crippen LogP contribution in [0, 0.1) is 6.92 Å². The molecule has 9 nitrogen and oxygen atoms in total. The highest BCUT2D eigenvalue weighted by Gasteiger charge is 2.36. The fraction of sp³-hybridized carbons (Fsp3) is 0.318. The van der Waals surface area contributed by atoms with Crippen LogP contribution in [0.2, 0.25) is 0 Å². The highest BCUT2D eigenvalue weighted by molar-refractivity contribution is 5.86. The molecule has 4 rings (SSSR count). The standard InChI is InChI=1S/C22H24N4O5/c1-13-5-4-8-26-11-15(24-21(13)26)10-23-22(28)20-19(25-18(27)12-31-20)14-6-7-16(29-2)17(9-14)30-3/h4-9,11,19-20H,10,12H2,1-3H3,(H,23,28)(H,25,27)/t19-,20+/m1/s1. The number of methoxy groups -OCH3 is 2. The highest BCUT2D eigenvalue weighted by Crippen LogP contribution is 2.32. The summed E-state index contributed by atoms with van der Waals surface area (Å²) in [6.07, 6.45) is 2.89. The molecule has 0 bridgehead atoms. The molecular weight excluding hydrogens is 400 g/mol. The summed E-state index contributed by atoms with van der Waals surface area (Å²) in [5.74, 6) is 0.421. The molecule has 0 unspecified atom stereocenters. The molecule has 9 heteroatoms. The Kier molecular flexibility index (Phi) is 5.77. The first-order valence-electron chi connectivity index (χ1n) is 9.84. The average Bonchev–Trinajstić information content (AvgIpc) is 3.21. The van der Waals surface area contributed by atoms with Gasteiger partial charge < -0.3 is 29.2 Å². The number of carbonyl (C=O) groups excluding carboxylic acids is 2. The van der Waals surface area contributed by atoms with E-state index in [0.29, 0.717) is 17.1 Å². The van der Waals surface area contributed by atoms with Crippen molar-refractivity contribution in [2.24, 2.45) is 0 Å². The molecule has 1 aliphatic heterocycles. The molecule has 1 fully saturated rings. The fourth-order valence-corrected chi connectivity index (χ4v) is 3.65. The van der Waals surface area contributed by atoms with Gasteiger partial charge in [-0.2, -0.15) is 0 Å². The molecule has 0 saturated carbocycles. The largest absolute Gasteiger partial charge is 0.493 e. The van der Waals surface area contributed by atoms with Gasteiger partial charge in [0.05, 0.1) is 32.5 Å². The SMILES string of the molecule is COc1ccc([C@H]2NC(=O)CO[C@@H]2C(=O)NCc2cn3cccc(C)c3n2)cc1OC. The minimum atomic E-state index is -0.894. The summed E-state index contributed by atoms with van der Waals surface area (Å²) in [5, 5.41) is 5.71. The van der Waals surface area contributed by atoms with E-state index in [4.69, 9.17) is 14.2 Å². The molecule has 1 aromatic carbocycles. The van der Waals surface area contributed by atoms with Crippen molar-refractivity contribution in [1.82, 2.24) is 20.0 Å². The number of amides is 2. The van der Waals surface area contributed by atoms with E-state index < -0.39 is 12.1 Å². The number of nitrogens with zero attached hydrogens (tertiary/aromatic N) is 2. The zero-order chi connectivity index (χ0) is 22.0. The number of hydrogen-bond donors (Lipinski definition) is 2. The lowest BCUT2D eigenvalue weighted by Gasteiger charge is -2.32. The van der Waals surface area contributed by atoms with Crippen molar-refractivity contribution in [1.29, 1.82) is 0 Å². The maximum absolute atomic E-state index is 12.9. The number of aryl methyl sites for hydroxylation is 1. The van der Waals surface area contributed by atoms with E-state index in [1.807, 2.05) is 35.9 Å². The first-order chi connectivity index (χ1) is 15.0.